The third kappa shape index (κ3) is 10.2. The highest BCUT2D eigenvalue weighted by atomic mass is 16.3. The van der Waals surface area contributed by atoms with Gasteiger partial charge in [-0.3, -0.25) is 0 Å². The molecular formula is C16H35N3O2. The van der Waals surface area contributed by atoms with Gasteiger partial charge in [0.2, 0.25) is 0 Å². The van der Waals surface area contributed by atoms with Crippen molar-refractivity contribution in [2.45, 2.75) is 38.5 Å². The van der Waals surface area contributed by atoms with Crippen LogP contribution >= 0.6 is 0 Å². The molecule has 1 aliphatic rings. The van der Waals surface area contributed by atoms with Gasteiger partial charge in [0.25, 0.3) is 0 Å². The molecule has 0 unspecified atom stereocenters. The van der Waals surface area contributed by atoms with Crippen LogP contribution in [0.25, 0.3) is 0 Å². The second-order valence-electron chi connectivity index (χ2n) is 6.00. The number of nitrogens with zero attached hydrogens (tertiary/aromatic N) is 2. The van der Waals surface area contributed by atoms with Gasteiger partial charge in [0.15, 0.2) is 0 Å². The van der Waals surface area contributed by atoms with Gasteiger partial charge in [-0.2, -0.15) is 0 Å². The van der Waals surface area contributed by atoms with Gasteiger partial charge in [-0.05, 0) is 51.7 Å². The van der Waals surface area contributed by atoms with E-state index in [0.717, 1.165) is 25.9 Å². The van der Waals surface area contributed by atoms with E-state index < -0.39 is 0 Å². The van der Waals surface area contributed by atoms with Crippen molar-refractivity contribution in [3.05, 3.63) is 0 Å². The lowest BCUT2D eigenvalue weighted by Gasteiger charge is -2.34. The predicted octanol–water partition coefficient (Wildman–Crippen LogP) is 0.519. The van der Waals surface area contributed by atoms with Crippen LogP contribution in [0, 0.1) is 0 Å². The highest BCUT2D eigenvalue weighted by Gasteiger charge is 2.15. The molecule has 0 aliphatic carbocycles. The quantitative estimate of drug-likeness (QED) is 0.433. The zero-order valence-corrected chi connectivity index (χ0v) is 13.6. The van der Waals surface area contributed by atoms with E-state index in [1.807, 2.05) is 0 Å². The van der Waals surface area contributed by atoms with Crippen molar-refractivity contribution < 1.29 is 10.2 Å². The highest BCUT2D eigenvalue weighted by molar-refractivity contribution is 4.71. The van der Waals surface area contributed by atoms with Crippen LogP contribution in [0.15, 0.2) is 0 Å². The van der Waals surface area contributed by atoms with Gasteiger partial charge in [-0.25, -0.2) is 0 Å². The Labute approximate surface area is 130 Å². The van der Waals surface area contributed by atoms with Crippen LogP contribution in [0.5, 0.6) is 0 Å². The van der Waals surface area contributed by atoms with Gasteiger partial charge in [-0.1, -0.05) is 6.42 Å². The van der Waals surface area contributed by atoms with E-state index in [-0.39, 0.29) is 6.61 Å². The summed E-state index contributed by atoms with van der Waals surface area (Å²) >= 11 is 0. The molecule has 1 saturated heterocycles. The van der Waals surface area contributed by atoms with Gasteiger partial charge < -0.3 is 25.3 Å². The van der Waals surface area contributed by atoms with E-state index in [4.69, 9.17) is 10.2 Å². The minimum absolute atomic E-state index is 0.240. The van der Waals surface area contributed by atoms with E-state index in [0.29, 0.717) is 6.61 Å². The summed E-state index contributed by atoms with van der Waals surface area (Å²) in [7, 11) is 0. The molecule has 5 nitrogen and oxygen atoms in total. The summed E-state index contributed by atoms with van der Waals surface area (Å²) in [5.74, 6) is 0. The molecular weight excluding hydrogens is 266 g/mol. The molecule has 0 spiro atoms. The number of rotatable bonds is 13. The normalized spacial score (nSPS) is 17.4. The van der Waals surface area contributed by atoms with Gasteiger partial charge in [0.1, 0.15) is 0 Å². The fraction of sp³-hybridized carbons (Fsp3) is 1.00. The van der Waals surface area contributed by atoms with Crippen molar-refractivity contribution in [2.24, 2.45) is 0 Å². The third-order valence-corrected chi connectivity index (χ3v) is 4.21. The Morgan fingerprint density at radius 1 is 0.619 bits per heavy atom. The summed E-state index contributed by atoms with van der Waals surface area (Å²) in [6.45, 7) is 9.60. The molecule has 1 rings (SSSR count). The average molecular weight is 301 g/mol. The van der Waals surface area contributed by atoms with E-state index in [9.17, 15) is 0 Å². The fourth-order valence-corrected chi connectivity index (χ4v) is 2.83. The largest absolute Gasteiger partial charge is 0.396 e. The number of aliphatic hydroxyl groups excluding tert-OH is 2. The molecule has 1 aliphatic heterocycles. The molecule has 0 saturated carbocycles. The Morgan fingerprint density at radius 2 is 1.19 bits per heavy atom. The second-order valence-corrected chi connectivity index (χ2v) is 6.00. The molecule has 21 heavy (non-hydrogen) atoms. The second kappa shape index (κ2) is 13.5. The Bertz CT molecular complexity index is 219. The van der Waals surface area contributed by atoms with Crippen molar-refractivity contribution in [1.29, 1.82) is 0 Å². The van der Waals surface area contributed by atoms with Crippen molar-refractivity contribution in [1.82, 2.24) is 15.1 Å². The first-order chi connectivity index (χ1) is 10.4. The summed E-state index contributed by atoms with van der Waals surface area (Å²) in [6.07, 6.45) is 7.11. The molecule has 126 valence electrons. The predicted molar refractivity (Wildman–Crippen MR) is 87.6 cm³/mol. The summed E-state index contributed by atoms with van der Waals surface area (Å²) in [4.78, 5) is 5.15. The van der Waals surface area contributed by atoms with Gasteiger partial charge in [0, 0.05) is 39.3 Å². The molecule has 5 heteroatoms. The SMILES string of the molecule is OCCCCCN1CCN(CCCCCNCCO)CC1. The van der Waals surface area contributed by atoms with Gasteiger partial charge in [-0.15, -0.1) is 0 Å². The molecule has 0 atom stereocenters. The first kappa shape index (κ1) is 18.8. The molecule has 0 aromatic heterocycles. The lowest BCUT2D eigenvalue weighted by Crippen LogP contribution is -2.46. The van der Waals surface area contributed by atoms with Gasteiger partial charge >= 0.3 is 0 Å². The van der Waals surface area contributed by atoms with E-state index in [2.05, 4.69) is 15.1 Å². The van der Waals surface area contributed by atoms with Crippen LogP contribution in [-0.4, -0.2) is 85.6 Å². The molecule has 3 N–H and O–H groups in total. The minimum atomic E-state index is 0.240. The van der Waals surface area contributed by atoms with Crippen LogP contribution in [0.1, 0.15) is 38.5 Å². The summed E-state index contributed by atoms with van der Waals surface area (Å²) < 4.78 is 0. The number of unbranched alkanes of at least 4 members (excludes halogenated alkanes) is 4. The van der Waals surface area contributed by atoms with Crippen LogP contribution in [0.3, 0.4) is 0 Å². The minimum Gasteiger partial charge on any atom is -0.396 e. The first-order valence-corrected chi connectivity index (χ1v) is 8.74. The van der Waals surface area contributed by atoms with Crippen LogP contribution < -0.4 is 5.32 Å². The Hall–Kier alpha value is -0.200. The Kier molecular flexibility index (Phi) is 12.1. The summed E-state index contributed by atoms with van der Waals surface area (Å²) in [5.41, 5.74) is 0. The molecule has 1 heterocycles. The number of hydrogen-bond donors (Lipinski definition) is 3. The molecule has 1 fully saturated rings. The number of nitrogens with one attached hydrogen (secondary N) is 1. The molecule has 0 amide bonds. The highest BCUT2D eigenvalue weighted by Crippen LogP contribution is 2.06. The lowest BCUT2D eigenvalue weighted by molar-refractivity contribution is 0.128. The Morgan fingerprint density at radius 3 is 1.71 bits per heavy atom. The van der Waals surface area contributed by atoms with Crippen molar-refractivity contribution in [3.8, 4) is 0 Å². The maximum Gasteiger partial charge on any atom is 0.0555 e. The summed E-state index contributed by atoms with van der Waals surface area (Å²) in [6, 6.07) is 0. The lowest BCUT2D eigenvalue weighted by atomic mass is 10.2. The Balaban J connectivity index is 1.89. The maximum atomic E-state index is 8.77. The van der Waals surface area contributed by atoms with Crippen molar-refractivity contribution in [2.75, 3.05) is 65.6 Å². The molecule has 0 aromatic carbocycles. The third-order valence-electron chi connectivity index (χ3n) is 4.21. The molecule has 0 radical (unpaired) electrons. The van der Waals surface area contributed by atoms with E-state index in [1.165, 1.54) is 65.0 Å². The van der Waals surface area contributed by atoms with Crippen LogP contribution in [0.2, 0.25) is 0 Å². The zero-order chi connectivity index (χ0) is 15.2. The fourth-order valence-electron chi connectivity index (χ4n) is 2.83. The van der Waals surface area contributed by atoms with Crippen molar-refractivity contribution >= 4 is 0 Å². The average Bonchev–Trinajstić information content (AvgIpc) is 2.52. The van der Waals surface area contributed by atoms with Crippen molar-refractivity contribution in [3.63, 3.8) is 0 Å². The van der Waals surface area contributed by atoms with E-state index >= 15 is 0 Å². The van der Waals surface area contributed by atoms with E-state index in [1.54, 1.807) is 0 Å². The molecule has 0 aromatic rings. The van der Waals surface area contributed by atoms with Crippen LogP contribution in [-0.2, 0) is 0 Å². The monoisotopic (exact) mass is 301 g/mol. The number of aliphatic hydroxyl groups is 2. The molecule has 0 bridgehead atoms. The number of hydrogen-bond acceptors (Lipinski definition) is 5. The zero-order valence-electron chi connectivity index (χ0n) is 13.6. The smallest absolute Gasteiger partial charge is 0.0555 e. The van der Waals surface area contributed by atoms with Gasteiger partial charge in [0.05, 0.1) is 6.61 Å². The summed E-state index contributed by atoms with van der Waals surface area (Å²) in [5, 5.41) is 20.6. The first-order valence-electron chi connectivity index (χ1n) is 8.74. The van der Waals surface area contributed by atoms with Crippen LogP contribution in [0.4, 0.5) is 0 Å². The number of piperazine rings is 1. The topological polar surface area (TPSA) is 59.0 Å². The standard InChI is InChI=1S/C16H35N3O2/c20-15-6-2-5-10-19-13-11-18(12-14-19)9-4-1-3-7-17-8-16-21/h17,20-21H,1-16H2. The maximum absolute atomic E-state index is 8.77.